The molecule has 11 nitrogen and oxygen atoms in total. The topological polar surface area (TPSA) is 206 Å². The summed E-state index contributed by atoms with van der Waals surface area (Å²) < 4.78 is 0. The zero-order chi connectivity index (χ0) is 24.3. The minimum atomic E-state index is -1.21. The SMILES string of the molecule is CCC(C)C(N)C(=O)NC(Cc1ccc(O)cc1)C(=O)NC(CCCN=C(N)N)C(=O)O. The monoisotopic (exact) mass is 450 g/mol. The van der Waals surface area contributed by atoms with Crippen LogP contribution in [0.15, 0.2) is 29.3 Å². The van der Waals surface area contributed by atoms with Crippen LogP contribution in [-0.4, -0.2) is 58.6 Å². The van der Waals surface area contributed by atoms with E-state index in [1.54, 1.807) is 12.1 Å². The summed E-state index contributed by atoms with van der Waals surface area (Å²) in [5.41, 5.74) is 17.2. The lowest BCUT2D eigenvalue weighted by molar-refractivity contribution is -0.142. The highest BCUT2D eigenvalue weighted by Gasteiger charge is 2.29. The second-order valence-electron chi connectivity index (χ2n) is 7.69. The van der Waals surface area contributed by atoms with Gasteiger partial charge >= 0.3 is 5.97 Å². The summed E-state index contributed by atoms with van der Waals surface area (Å²) >= 11 is 0. The van der Waals surface area contributed by atoms with Gasteiger partial charge in [0, 0.05) is 13.0 Å². The maximum Gasteiger partial charge on any atom is 0.326 e. The molecule has 0 heterocycles. The number of nitrogens with zero attached hydrogens (tertiary/aromatic N) is 1. The standard InChI is InChI=1S/C21H34N6O5/c1-3-12(2)17(22)19(30)27-16(11-13-6-8-14(28)9-7-13)18(29)26-15(20(31)32)5-4-10-25-21(23)24/h6-9,12,15-17,28H,3-5,10-11,22H2,1-2H3,(H,26,29)(H,27,30)(H,31,32)(H4,23,24,25). The van der Waals surface area contributed by atoms with Gasteiger partial charge in [0.05, 0.1) is 6.04 Å². The first-order chi connectivity index (χ1) is 15.0. The average molecular weight is 451 g/mol. The lowest BCUT2D eigenvalue weighted by Gasteiger charge is -2.24. The number of nitrogens with two attached hydrogens (primary N) is 3. The minimum absolute atomic E-state index is 0.0595. The molecule has 11 heteroatoms. The Morgan fingerprint density at radius 2 is 1.66 bits per heavy atom. The molecule has 0 aromatic heterocycles. The lowest BCUT2D eigenvalue weighted by Crippen LogP contribution is -2.56. The van der Waals surface area contributed by atoms with Gasteiger partial charge in [-0.2, -0.15) is 0 Å². The van der Waals surface area contributed by atoms with Crippen molar-refractivity contribution >= 4 is 23.7 Å². The van der Waals surface area contributed by atoms with Gasteiger partial charge in [-0.15, -0.1) is 0 Å². The maximum absolute atomic E-state index is 12.9. The highest BCUT2D eigenvalue weighted by molar-refractivity contribution is 5.92. The van der Waals surface area contributed by atoms with Gasteiger partial charge in [-0.25, -0.2) is 4.79 Å². The molecule has 1 rings (SSSR count). The number of aliphatic imine (C=N–C) groups is 1. The van der Waals surface area contributed by atoms with Crippen molar-refractivity contribution < 1.29 is 24.6 Å². The Kier molecular flexibility index (Phi) is 11.0. The molecular weight excluding hydrogens is 416 g/mol. The Morgan fingerprint density at radius 3 is 2.19 bits per heavy atom. The number of carbonyl (C=O) groups excluding carboxylic acids is 2. The van der Waals surface area contributed by atoms with E-state index in [1.807, 2.05) is 13.8 Å². The number of aromatic hydroxyl groups is 1. The molecule has 32 heavy (non-hydrogen) atoms. The van der Waals surface area contributed by atoms with Gasteiger partial charge in [0.2, 0.25) is 11.8 Å². The number of amides is 2. The fourth-order valence-corrected chi connectivity index (χ4v) is 2.89. The number of carboxylic acid groups (broad SMARTS) is 1. The molecule has 4 unspecified atom stereocenters. The second kappa shape index (κ2) is 13.2. The number of phenols is 1. The molecule has 10 N–H and O–H groups in total. The van der Waals surface area contributed by atoms with E-state index in [0.29, 0.717) is 18.4 Å². The summed E-state index contributed by atoms with van der Waals surface area (Å²) in [6.45, 7) is 3.95. The Hall–Kier alpha value is -3.34. The predicted molar refractivity (Wildman–Crippen MR) is 121 cm³/mol. The van der Waals surface area contributed by atoms with Crippen molar-refractivity contribution in [1.29, 1.82) is 0 Å². The number of carboxylic acids is 1. The van der Waals surface area contributed by atoms with E-state index >= 15 is 0 Å². The summed E-state index contributed by atoms with van der Waals surface area (Å²) in [5.74, 6) is -2.52. The fraction of sp³-hybridized carbons (Fsp3) is 0.524. The first kappa shape index (κ1) is 26.7. The Bertz CT molecular complexity index is 794. The molecule has 0 aliphatic rings. The number of hydrogen-bond donors (Lipinski definition) is 7. The van der Waals surface area contributed by atoms with Crippen LogP contribution in [0.3, 0.4) is 0 Å². The zero-order valence-electron chi connectivity index (χ0n) is 18.5. The van der Waals surface area contributed by atoms with Gasteiger partial charge in [-0.1, -0.05) is 32.4 Å². The van der Waals surface area contributed by atoms with Gasteiger partial charge in [-0.05, 0) is 36.5 Å². The number of phenolic OH excluding ortho intramolecular Hbond substituents is 1. The first-order valence-corrected chi connectivity index (χ1v) is 10.5. The zero-order valence-corrected chi connectivity index (χ0v) is 18.5. The van der Waals surface area contributed by atoms with E-state index in [2.05, 4.69) is 15.6 Å². The Morgan fingerprint density at radius 1 is 1.06 bits per heavy atom. The third-order valence-electron chi connectivity index (χ3n) is 5.13. The van der Waals surface area contributed by atoms with Crippen molar-refractivity contribution in [3.05, 3.63) is 29.8 Å². The minimum Gasteiger partial charge on any atom is -0.508 e. The van der Waals surface area contributed by atoms with Crippen LogP contribution in [0.1, 0.15) is 38.7 Å². The van der Waals surface area contributed by atoms with Crippen LogP contribution in [0, 0.1) is 5.92 Å². The Balaban J connectivity index is 2.95. The molecule has 178 valence electrons. The smallest absolute Gasteiger partial charge is 0.326 e. The predicted octanol–water partition coefficient (Wildman–Crippen LogP) is -0.584. The highest BCUT2D eigenvalue weighted by atomic mass is 16.4. The third kappa shape index (κ3) is 9.21. The maximum atomic E-state index is 12.9. The molecule has 4 atom stereocenters. The summed E-state index contributed by atoms with van der Waals surface area (Å²) in [4.78, 5) is 40.9. The molecule has 1 aromatic carbocycles. The van der Waals surface area contributed by atoms with E-state index in [9.17, 15) is 24.6 Å². The molecule has 1 aromatic rings. The van der Waals surface area contributed by atoms with Gasteiger partial charge in [-0.3, -0.25) is 14.6 Å². The molecule has 0 aliphatic heterocycles. The second-order valence-corrected chi connectivity index (χ2v) is 7.69. The first-order valence-electron chi connectivity index (χ1n) is 10.5. The third-order valence-corrected chi connectivity index (χ3v) is 5.13. The van der Waals surface area contributed by atoms with Gasteiger partial charge < -0.3 is 38.0 Å². The fourth-order valence-electron chi connectivity index (χ4n) is 2.89. The number of carbonyl (C=O) groups is 3. The summed E-state index contributed by atoms with van der Waals surface area (Å²) in [6, 6.07) is 3.09. The van der Waals surface area contributed by atoms with Crippen LogP contribution in [0.25, 0.3) is 0 Å². The number of hydrogen-bond acceptors (Lipinski definition) is 6. The molecule has 0 fully saturated rings. The molecule has 2 amide bonds. The van der Waals surface area contributed by atoms with Gasteiger partial charge in [0.15, 0.2) is 5.96 Å². The van der Waals surface area contributed by atoms with Crippen molar-refractivity contribution in [1.82, 2.24) is 10.6 Å². The van der Waals surface area contributed by atoms with E-state index in [4.69, 9.17) is 17.2 Å². The largest absolute Gasteiger partial charge is 0.508 e. The Labute approximate surface area is 187 Å². The molecule has 0 saturated heterocycles. The van der Waals surface area contributed by atoms with Crippen molar-refractivity contribution in [3.8, 4) is 5.75 Å². The van der Waals surface area contributed by atoms with Crippen molar-refractivity contribution in [2.45, 2.75) is 57.7 Å². The molecule has 0 radical (unpaired) electrons. The van der Waals surface area contributed by atoms with Crippen molar-refractivity contribution in [2.75, 3.05) is 6.54 Å². The number of nitrogens with one attached hydrogen (secondary N) is 2. The number of aliphatic carboxylic acids is 1. The summed E-state index contributed by atoms with van der Waals surface area (Å²) in [5, 5.41) is 24.0. The normalized spacial score (nSPS) is 14.5. The van der Waals surface area contributed by atoms with Gasteiger partial charge in [0.1, 0.15) is 17.8 Å². The van der Waals surface area contributed by atoms with E-state index in [-0.39, 0.29) is 37.0 Å². The van der Waals surface area contributed by atoms with Crippen LogP contribution in [0.4, 0.5) is 0 Å². The number of rotatable bonds is 13. The van der Waals surface area contributed by atoms with E-state index in [0.717, 1.165) is 0 Å². The van der Waals surface area contributed by atoms with E-state index < -0.39 is 35.9 Å². The molecule has 0 bridgehead atoms. The average Bonchev–Trinajstić information content (AvgIpc) is 2.75. The van der Waals surface area contributed by atoms with Crippen LogP contribution >= 0.6 is 0 Å². The van der Waals surface area contributed by atoms with Gasteiger partial charge in [0.25, 0.3) is 0 Å². The van der Waals surface area contributed by atoms with Crippen molar-refractivity contribution in [2.24, 2.45) is 28.1 Å². The quantitative estimate of drug-likeness (QED) is 0.117. The molecular formula is C21H34N6O5. The van der Waals surface area contributed by atoms with Crippen LogP contribution in [-0.2, 0) is 20.8 Å². The van der Waals surface area contributed by atoms with E-state index in [1.165, 1.54) is 12.1 Å². The number of guanidine groups is 1. The molecule has 0 aliphatic carbocycles. The van der Waals surface area contributed by atoms with Crippen molar-refractivity contribution in [3.63, 3.8) is 0 Å². The highest BCUT2D eigenvalue weighted by Crippen LogP contribution is 2.13. The van der Waals surface area contributed by atoms with Crippen LogP contribution in [0.2, 0.25) is 0 Å². The summed E-state index contributed by atoms with van der Waals surface area (Å²) in [7, 11) is 0. The van der Waals surface area contributed by atoms with Crippen LogP contribution < -0.4 is 27.8 Å². The summed E-state index contributed by atoms with van der Waals surface area (Å²) in [6.07, 6.45) is 1.21. The number of benzene rings is 1. The molecule has 0 spiro atoms. The lowest BCUT2D eigenvalue weighted by atomic mass is 9.98. The van der Waals surface area contributed by atoms with Crippen LogP contribution in [0.5, 0.6) is 5.75 Å². The molecule has 0 saturated carbocycles.